The maximum absolute atomic E-state index is 12.5. The van der Waals surface area contributed by atoms with Gasteiger partial charge >= 0.3 is 0 Å². The Kier molecular flexibility index (Phi) is 5.41. The van der Waals surface area contributed by atoms with Crippen LogP contribution in [0.1, 0.15) is 36.5 Å². The number of nitrogens with one attached hydrogen (secondary N) is 1. The average molecular weight is 331 g/mol. The van der Waals surface area contributed by atoms with Crippen molar-refractivity contribution in [1.82, 2.24) is 10.2 Å². The highest BCUT2D eigenvalue weighted by atomic mass is 16.3. The summed E-state index contributed by atoms with van der Waals surface area (Å²) in [6.07, 6.45) is 2.34. The Bertz CT molecular complexity index is 546. The fourth-order valence-corrected chi connectivity index (χ4v) is 3.65. The number of hydrogen-bond acceptors (Lipinski definition) is 4. The smallest absolute Gasteiger partial charge is 0.251 e. The molecule has 1 aliphatic heterocycles. The zero-order chi connectivity index (χ0) is 17.1. The molecule has 1 saturated carbocycles. The molecule has 5 heteroatoms. The van der Waals surface area contributed by atoms with Gasteiger partial charge in [-0.2, -0.15) is 0 Å². The van der Waals surface area contributed by atoms with E-state index >= 15 is 0 Å². The first-order chi connectivity index (χ1) is 11.6. The summed E-state index contributed by atoms with van der Waals surface area (Å²) in [5, 5.41) is 12.6. The van der Waals surface area contributed by atoms with Crippen molar-refractivity contribution in [3.05, 3.63) is 29.8 Å². The van der Waals surface area contributed by atoms with Crippen molar-refractivity contribution in [2.45, 2.75) is 38.3 Å². The van der Waals surface area contributed by atoms with E-state index in [0.29, 0.717) is 11.5 Å². The van der Waals surface area contributed by atoms with E-state index in [1.54, 1.807) is 0 Å². The molecule has 3 rings (SSSR count). The Morgan fingerprint density at radius 1 is 1.21 bits per heavy atom. The van der Waals surface area contributed by atoms with E-state index in [4.69, 9.17) is 0 Å². The molecule has 2 N–H and O–H groups in total. The van der Waals surface area contributed by atoms with Crippen LogP contribution >= 0.6 is 0 Å². The van der Waals surface area contributed by atoms with Crippen LogP contribution in [0.5, 0.6) is 0 Å². The minimum atomic E-state index is -0.177. The third-order valence-corrected chi connectivity index (χ3v) is 5.47. The number of carbonyl (C=O) groups is 1. The van der Waals surface area contributed by atoms with Crippen molar-refractivity contribution >= 4 is 11.6 Å². The molecule has 0 spiro atoms. The zero-order valence-corrected chi connectivity index (χ0v) is 14.7. The van der Waals surface area contributed by atoms with Gasteiger partial charge in [-0.3, -0.25) is 4.79 Å². The topological polar surface area (TPSA) is 55.8 Å². The van der Waals surface area contributed by atoms with Crippen LogP contribution in [0.25, 0.3) is 0 Å². The molecule has 1 amide bonds. The molecule has 1 aromatic rings. The Hall–Kier alpha value is -1.59. The van der Waals surface area contributed by atoms with E-state index in [1.165, 1.54) is 5.69 Å². The zero-order valence-electron chi connectivity index (χ0n) is 14.7. The van der Waals surface area contributed by atoms with Gasteiger partial charge in [0.05, 0.1) is 6.10 Å². The van der Waals surface area contributed by atoms with Gasteiger partial charge in [-0.1, -0.05) is 6.92 Å². The molecule has 0 bridgehead atoms. The molecular weight excluding hydrogens is 302 g/mol. The third-order valence-electron chi connectivity index (χ3n) is 5.47. The van der Waals surface area contributed by atoms with Gasteiger partial charge in [0.15, 0.2) is 0 Å². The largest absolute Gasteiger partial charge is 0.393 e. The first-order valence-corrected chi connectivity index (χ1v) is 9.09. The number of rotatable bonds is 5. The van der Waals surface area contributed by atoms with E-state index < -0.39 is 0 Å². The summed E-state index contributed by atoms with van der Waals surface area (Å²) < 4.78 is 0. The number of anilines is 1. The van der Waals surface area contributed by atoms with Crippen LogP contribution in [0, 0.1) is 5.92 Å². The Labute approximate surface area is 144 Å². The fourth-order valence-electron chi connectivity index (χ4n) is 3.65. The standard InChI is InChI=1S/C19H29N3O2/c1-3-18(15-12-17(23)13-15)20-19(24)14-4-6-16(7-5-14)22-10-8-21(2)9-11-22/h4-7,15,17-18,23H,3,8-13H2,1-2H3,(H,20,24)/t15?,17?,18-/m0/s1. The summed E-state index contributed by atoms with van der Waals surface area (Å²) >= 11 is 0. The van der Waals surface area contributed by atoms with Crippen molar-refractivity contribution in [3.8, 4) is 0 Å². The summed E-state index contributed by atoms with van der Waals surface area (Å²) in [5.74, 6) is 0.409. The second-order valence-corrected chi connectivity index (χ2v) is 7.21. The van der Waals surface area contributed by atoms with Crippen molar-refractivity contribution in [1.29, 1.82) is 0 Å². The van der Waals surface area contributed by atoms with E-state index in [9.17, 15) is 9.90 Å². The first kappa shape index (κ1) is 17.2. The number of amides is 1. The number of benzene rings is 1. The molecule has 1 atom stereocenters. The Morgan fingerprint density at radius 3 is 2.38 bits per heavy atom. The van der Waals surface area contributed by atoms with Gasteiger partial charge in [0.25, 0.3) is 5.91 Å². The highest BCUT2D eigenvalue weighted by molar-refractivity contribution is 5.94. The van der Waals surface area contributed by atoms with Gasteiger partial charge in [-0.15, -0.1) is 0 Å². The molecule has 5 nitrogen and oxygen atoms in total. The van der Waals surface area contributed by atoms with Crippen LogP contribution < -0.4 is 10.2 Å². The lowest BCUT2D eigenvalue weighted by Gasteiger charge is -2.37. The quantitative estimate of drug-likeness (QED) is 0.863. The second kappa shape index (κ2) is 7.53. The van der Waals surface area contributed by atoms with Gasteiger partial charge in [-0.05, 0) is 56.5 Å². The fraction of sp³-hybridized carbons (Fsp3) is 0.632. The lowest BCUT2D eigenvalue weighted by Crippen LogP contribution is -2.46. The summed E-state index contributed by atoms with van der Waals surface area (Å²) in [6, 6.07) is 8.11. The number of piperazine rings is 1. The van der Waals surface area contributed by atoms with E-state index in [-0.39, 0.29) is 18.1 Å². The molecule has 0 aromatic heterocycles. The highest BCUT2D eigenvalue weighted by Crippen LogP contribution is 2.31. The van der Waals surface area contributed by atoms with Gasteiger partial charge in [0.2, 0.25) is 0 Å². The molecule has 2 fully saturated rings. The van der Waals surface area contributed by atoms with Crippen LogP contribution in [-0.2, 0) is 0 Å². The number of hydrogen-bond donors (Lipinski definition) is 2. The predicted molar refractivity (Wildman–Crippen MR) is 96.4 cm³/mol. The molecule has 1 saturated heterocycles. The third kappa shape index (κ3) is 3.90. The molecular formula is C19H29N3O2. The SMILES string of the molecule is CC[C@H](NC(=O)c1ccc(N2CCN(C)CC2)cc1)C1CC(O)C1. The lowest BCUT2D eigenvalue weighted by atomic mass is 9.76. The van der Waals surface area contributed by atoms with E-state index in [1.807, 2.05) is 24.3 Å². The molecule has 2 aliphatic rings. The minimum absolute atomic E-state index is 0.00633. The van der Waals surface area contributed by atoms with Crippen LogP contribution in [0.15, 0.2) is 24.3 Å². The monoisotopic (exact) mass is 331 g/mol. The number of nitrogens with zero attached hydrogens (tertiary/aromatic N) is 2. The Morgan fingerprint density at radius 2 is 1.83 bits per heavy atom. The molecule has 1 aliphatic carbocycles. The number of aliphatic hydroxyl groups is 1. The first-order valence-electron chi connectivity index (χ1n) is 9.09. The lowest BCUT2D eigenvalue weighted by molar-refractivity contribution is 0.0232. The molecule has 24 heavy (non-hydrogen) atoms. The van der Waals surface area contributed by atoms with Crippen molar-refractivity contribution in [3.63, 3.8) is 0 Å². The van der Waals surface area contributed by atoms with Gasteiger partial charge in [0.1, 0.15) is 0 Å². The molecule has 1 aromatic carbocycles. The predicted octanol–water partition coefficient (Wildman–Crippen LogP) is 1.72. The van der Waals surface area contributed by atoms with E-state index in [0.717, 1.165) is 45.4 Å². The summed E-state index contributed by atoms with van der Waals surface area (Å²) in [4.78, 5) is 17.2. The van der Waals surface area contributed by atoms with Crippen molar-refractivity contribution in [2.24, 2.45) is 5.92 Å². The van der Waals surface area contributed by atoms with Gasteiger partial charge < -0.3 is 20.2 Å². The summed E-state index contributed by atoms with van der Waals surface area (Å²) in [7, 11) is 2.15. The van der Waals surface area contributed by atoms with Crippen molar-refractivity contribution < 1.29 is 9.90 Å². The molecule has 1 heterocycles. The van der Waals surface area contributed by atoms with Gasteiger partial charge in [-0.25, -0.2) is 0 Å². The number of likely N-dealkylation sites (N-methyl/N-ethyl adjacent to an activating group) is 1. The van der Waals surface area contributed by atoms with Crippen LogP contribution in [0.2, 0.25) is 0 Å². The summed E-state index contributed by atoms with van der Waals surface area (Å²) in [5.41, 5.74) is 1.90. The molecule has 0 radical (unpaired) electrons. The summed E-state index contributed by atoms with van der Waals surface area (Å²) in [6.45, 7) is 6.31. The van der Waals surface area contributed by atoms with Crippen LogP contribution in [0.3, 0.4) is 0 Å². The maximum atomic E-state index is 12.5. The second-order valence-electron chi connectivity index (χ2n) is 7.21. The van der Waals surface area contributed by atoms with Crippen LogP contribution in [0.4, 0.5) is 5.69 Å². The molecule has 0 unspecified atom stereocenters. The average Bonchev–Trinajstić information content (AvgIpc) is 2.58. The number of aliphatic hydroxyl groups excluding tert-OH is 1. The van der Waals surface area contributed by atoms with Gasteiger partial charge in [0, 0.05) is 43.5 Å². The van der Waals surface area contributed by atoms with Crippen LogP contribution in [-0.4, -0.2) is 61.3 Å². The normalized spacial score (nSPS) is 25.9. The minimum Gasteiger partial charge on any atom is -0.393 e. The van der Waals surface area contributed by atoms with Crippen molar-refractivity contribution in [2.75, 3.05) is 38.1 Å². The van der Waals surface area contributed by atoms with E-state index in [2.05, 4.69) is 29.1 Å². The highest BCUT2D eigenvalue weighted by Gasteiger charge is 2.33. The Balaban J connectivity index is 1.57. The maximum Gasteiger partial charge on any atom is 0.251 e. The molecule has 132 valence electrons. The number of carbonyl (C=O) groups excluding carboxylic acids is 1.